The molecule has 0 radical (unpaired) electrons. The average molecular weight is 352 g/mol. The van der Waals surface area contributed by atoms with Crippen molar-refractivity contribution in [3.63, 3.8) is 0 Å². The lowest BCUT2D eigenvalue weighted by Crippen LogP contribution is -2.40. The van der Waals surface area contributed by atoms with Crippen molar-refractivity contribution < 1.29 is 14.3 Å². The highest BCUT2D eigenvalue weighted by Gasteiger charge is 2.33. The standard InChI is InChI=1S/C21H24N2O3/c1-15-7-9-16(10-8-15)21(17-11-12-17)23-19(24)13-22-20(25)14-26-18-5-3-2-4-6-18/h2-10,17,21H,11-14H2,1H3,(H,22,25)(H,23,24). The second-order valence-corrected chi connectivity index (χ2v) is 6.67. The topological polar surface area (TPSA) is 67.4 Å². The van der Waals surface area contributed by atoms with Gasteiger partial charge in [0.25, 0.3) is 5.91 Å². The number of benzene rings is 2. The molecule has 1 aliphatic rings. The van der Waals surface area contributed by atoms with E-state index >= 15 is 0 Å². The van der Waals surface area contributed by atoms with Crippen LogP contribution >= 0.6 is 0 Å². The molecule has 2 N–H and O–H groups in total. The van der Waals surface area contributed by atoms with Crippen molar-refractivity contribution in [2.75, 3.05) is 13.2 Å². The zero-order valence-corrected chi connectivity index (χ0v) is 14.9. The van der Waals surface area contributed by atoms with E-state index in [1.165, 1.54) is 5.56 Å². The molecule has 2 amide bonds. The number of amides is 2. The van der Waals surface area contributed by atoms with Crippen LogP contribution in [-0.2, 0) is 9.59 Å². The SMILES string of the molecule is Cc1ccc(C(NC(=O)CNC(=O)COc2ccccc2)C2CC2)cc1. The molecule has 3 rings (SSSR count). The van der Waals surface area contributed by atoms with Gasteiger partial charge in [-0.2, -0.15) is 0 Å². The monoisotopic (exact) mass is 352 g/mol. The highest BCUT2D eigenvalue weighted by atomic mass is 16.5. The summed E-state index contributed by atoms with van der Waals surface area (Å²) in [6.07, 6.45) is 2.24. The molecule has 1 saturated carbocycles. The van der Waals surface area contributed by atoms with Gasteiger partial charge in [0.05, 0.1) is 12.6 Å². The minimum atomic E-state index is -0.317. The first-order valence-corrected chi connectivity index (χ1v) is 8.92. The predicted molar refractivity (Wildman–Crippen MR) is 99.7 cm³/mol. The predicted octanol–water partition coefficient (Wildman–Crippen LogP) is 2.76. The molecule has 1 aliphatic carbocycles. The van der Waals surface area contributed by atoms with E-state index in [1.807, 2.05) is 25.1 Å². The van der Waals surface area contributed by atoms with E-state index in [4.69, 9.17) is 4.74 Å². The van der Waals surface area contributed by atoms with Gasteiger partial charge in [0, 0.05) is 0 Å². The first-order valence-electron chi connectivity index (χ1n) is 8.92. The van der Waals surface area contributed by atoms with Crippen LogP contribution in [-0.4, -0.2) is 25.0 Å². The molecular formula is C21H24N2O3. The van der Waals surface area contributed by atoms with E-state index in [2.05, 4.69) is 34.9 Å². The molecule has 2 aromatic carbocycles. The van der Waals surface area contributed by atoms with Crippen molar-refractivity contribution in [1.29, 1.82) is 0 Å². The molecule has 0 aliphatic heterocycles. The molecule has 136 valence electrons. The Morgan fingerprint density at radius 2 is 1.73 bits per heavy atom. The number of carbonyl (C=O) groups is 2. The molecule has 1 fully saturated rings. The van der Waals surface area contributed by atoms with E-state index in [0.717, 1.165) is 18.4 Å². The van der Waals surface area contributed by atoms with Gasteiger partial charge < -0.3 is 15.4 Å². The summed E-state index contributed by atoms with van der Waals surface area (Å²) in [4.78, 5) is 24.1. The molecule has 0 heterocycles. The Hall–Kier alpha value is -2.82. The average Bonchev–Trinajstić information content (AvgIpc) is 3.49. The number of para-hydroxylation sites is 1. The molecule has 1 unspecified atom stereocenters. The fourth-order valence-electron chi connectivity index (χ4n) is 2.80. The maximum atomic E-state index is 12.2. The van der Waals surface area contributed by atoms with Crippen molar-refractivity contribution in [2.24, 2.45) is 5.92 Å². The summed E-state index contributed by atoms with van der Waals surface area (Å²) < 4.78 is 5.37. The van der Waals surface area contributed by atoms with Gasteiger partial charge in [0.15, 0.2) is 6.61 Å². The Labute approximate surface area is 153 Å². The summed E-state index contributed by atoms with van der Waals surface area (Å²) in [6, 6.07) is 17.4. The van der Waals surface area contributed by atoms with E-state index in [1.54, 1.807) is 12.1 Å². The van der Waals surface area contributed by atoms with Crippen LogP contribution in [0, 0.1) is 12.8 Å². The number of rotatable bonds is 8. The molecule has 2 aromatic rings. The minimum Gasteiger partial charge on any atom is -0.484 e. The van der Waals surface area contributed by atoms with Gasteiger partial charge in [-0.15, -0.1) is 0 Å². The van der Waals surface area contributed by atoms with Crippen molar-refractivity contribution in [1.82, 2.24) is 10.6 Å². The van der Waals surface area contributed by atoms with Crippen LogP contribution in [0.3, 0.4) is 0 Å². The number of ether oxygens (including phenoxy) is 1. The minimum absolute atomic E-state index is 0.0144. The largest absolute Gasteiger partial charge is 0.484 e. The van der Waals surface area contributed by atoms with Crippen LogP contribution in [0.25, 0.3) is 0 Å². The third-order valence-corrected chi connectivity index (χ3v) is 4.41. The van der Waals surface area contributed by atoms with Gasteiger partial charge in [-0.25, -0.2) is 0 Å². The molecule has 26 heavy (non-hydrogen) atoms. The number of nitrogens with one attached hydrogen (secondary N) is 2. The molecule has 5 heteroatoms. The Bertz CT molecular complexity index is 740. The molecular weight excluding hydrogens is 328 g/mol. The van der Waals surface area contributed by atoms with Crippen molar-refractivity contribution >= 4 is 11.8 Å². The van der Waals surface area contributed by atoms with Crippen LogP contribution < -0.4 is 15.4 Å². The summed E-state index contributed by atoms with van der Waals surface area (Å²) >= 11 is 0. The Balaban J connectivity index is 1.45. The van der Waals surface area contributed by atoms with Gasteiger partial charge in [-0.3, -0.25) is 9.59 Å². The molecule has 0 bridgehead atoms. The summed E-state index contributed by atoms with van der Waals surface area (Å²) in [6.45, 7) is 1.88. The summed E-state index contributed by atoms with van der Waals surface area (Å²) in [5.74, 6) is 0.608. The molecule has 0 saturated heterocycles. The highest BCUT2D eigenvalue weighted by molar-refractivity contribution is 5.85. The number of carbonyl (C=O) groups excluding carboxylic acids is 2. The van der Waals surface area contributed by atoms with Crippen LogP contribution in [0.4, 0.5) is 0 Å². The van der Waals surface area contributed by atoms with Crippen molar-refractivity contribution in [3.8, 4) is 5.75 Å². The van der Waals surface area contributed by atoms with Gasteiger partial charge in [0.1, 0.15) is 5.75 Å². The third-order valence-electron chi connectivity index (χ3n) is 4.41. The summed E-state index contributed by atoms with van der Waals surface area (Å²) in [5.41, 5.74) is 2.31. The molecule has 0 spiro atoms. The van der Waals surface area contributed by atoms with E-state index in [0.29, 0.717) is 11.7 Å². The van der Waals surface area contributed by atoms with Crippen LogP contribution in [0.2, 0.25) is 0 Å². The fraction of sp³-hybridized carbons (Fsp3) is 0.333. The maximum absolute atomic E-state index is 12.2. The fourth-order valence-corrected chi connectivity index (χ4v) is 2.80. The summed E-state index contributed by atoms with van der Waals surface area (Å²) in [7, 11) is 0. The zero-order chi connectivity index (χ0) is 18.4. The van der Waals surface area contributed by atoms with E-state index in [-0.39, 0.29) is 31.0 Å². The first-order chi connectivity index (χ1) is 12.6. The zero-order valence-electron chi connectivity index (χ0n) is 14.9. The van der Waals surface area contributed by atoms with Gasteiger partial charge >= 0.3 is 0 Å². The number of hydrogen-bond acceptors (Lipinski definition) is 3. The smallest absolute Gasteiger partial charge is 0.258 e. The lowest BCUT2D eigenvalue weighted by molar-refractivity contribution is -0.127. The van der Waals surface area contributed by atoms with Crippen molar-refractivity contribution in [3.05, 3.63) is 65.7 Å². The van der Waals surface area contributed by atoms with E-state index < -0.39 is 0 Å². The Morgan fingerprint density at radius 3 is 2.38 bits per heavy atom. The quantitative estimate of drug-likeness (QED) is 0.768. The van der Waals surface area contributed by atoms with Crippen molar-refractivity contribution in [2.45, 2.75) is 25.8 Å². The molecule has 5 nitrogen and oxygen atoms in total. The highest BCUT2D eigenvalue weighted by Crippen LogP contribution is 2.40. The molecule has 1 atom stereocenters. The first kappa shape index (κ1) is 18.0. The second-order valence-electron chi connectivity index (χ2n) is 6.67. The van der Waals surface area contributed by atoms with Crippen LogP contribution in [0.15, 0.2) is 54.6 Å². The number of aryl methyl sites for hydroxylation is 1. The molecule has 0 aromatic heterocycles. The third kappa shape index (κ3) is 5.34. The summed E-state index contributed by atoms with van der Waals surface area (Å²) in [5, 5.41) is 5.65. The lowest BCUT2D eigenvalue weighted by Gasteiger charge is -2.19. The maximum Gasteiger partial charge on any atom is 0.258 e. The van der Waals surface area contributed by atoms with Crippen LogP contribution in [0.5, 0.6) is 5.75 Å². The normalized spacial score (nSPS) is 14.3. The second kappa shape index (κ2) is 8.52. The van der Waals surface area contributed by atoms with Gasteiger partial charge in [-0.1, -0.05) is 48.0 Å². The Morgan fingerprint density at radius 1 is 1.04 bits per heavy atom. The van der Waals surface area contributed by atoms with E-state index in [9.17, 15) is 9.59 Å². The number of hydrogen-bond donors (Lipinski definition) is 2. The van der Waals surface area contributed by atoms with Gasteiger partial charge in [-0.05, 0) is 43.4 Å². The Kier molecular flexibility index (Phi) is 5.89. The van der Waals surface area contributed by atoms with Gasteiger partial charge in [0.2, 0.25) is 5.91 Å². The van der Waals surface area contributed by atoms with Crippen LogP contribution in [0.1, 0.15) is 30.0 Å². The lowest BCUT2D eigenvalue weighted by atomic mass is 10.0.